The van der Waals surface area contributed by atoms with Gasteiger partial charge in [-0.3, -0.25) is 4.98 Å². The predicted molar refractivity (Wildman–Crippen MR) is 98.7 cm³/mol. The van der Waals surface area contributed by atoms with Crippen molar-refractivity contribution in [3.05, 3.63) is 35.5 Å². The van der Waals surface area contributed by atoms with E-state index in [2.05, 4.69) is 4.98 Å². The third kappa shape index (κ3) is 3.75. The van der Waals surface area contributed by atoms with Crippen LogP contribution in [0.1, 0.15) is 37.4 Å². The van der Waals surface area contributed by atoms with Crippen LogP contribution in [0.25, 0.3) is 10.9 Å². The second-order valence-corrected chi connectivity index (χ2v) is 7.49. The van der Waals surface area contributed by atoms with Crippen LogP contribution in [0.2, 0.25) is 0 Å². The van der Waals surface area contributed by atoms with Gasteiger partial charge in [-0.2, -0.15) is 13.2 Å². The van der Waals surface area contributed by atoms with Gasteiger partial charge in [0.25, 0.3) is 0 Å². The zero-order valence-corrected chi connectivity index (χ0v) is 15.6. The van der Waals surface area contributed by atoms with Crippen LogP contribution in [0.4, 0.5) is 18.9 Å². The highest BCUT2D eigenvalue weighted by atomic mass is 19.4. The van der Waals surface area contributed by atoms with E-state index in [0.29, 0.717) is 36.1 Å². The molecule has 1 fully saturated rings. The molecule has 2 N–H and O–H groups in total. The predicted octanol–water partition coefficient (Wildman–Crippen LogP) is 3.91. The van der Waals surface area contributed by atoms with Crippen LogP contribution in [-0.2, 0) is 6.18 Å². The highest BCUT2D eigenvalue weighted by molar-refractivity contribution is 5.92. The number of fused-ring (bicyclic) bond motifs is 1. The van der Waals surface area contributed by atoms with Crippen LogP contribution in [0.15, 0.2) is 24.3 Å². The third-order valence-electron chi connectivity index (χ3n) is 5.63. The summed E-state index contributed by atoms with van der Waals surface area (Å²) in [6, 6.07) is 5.43. The van der Waals surface area contributed by atoms with Crippen molar-refractivity contribution in [2.75, 3.05) is 24.6 Å². The SMILES string of the molecule is CCC[C@]1(CO)CCN(c2cc(C)nc3cc(C(F)(F)F)ccc23)C[C@H]1O. The Hall–Kier alpha value is -1.86. The van der Waals surface area contributed by atoms with E-state index < -0.39 is 23.3 Å². The summed E-state index contributed by atoms with van der Waals surface area (Å²) in [4.78, 5) is 6.25. The number of anilines is 1. The number of rotatable bonds is 4. The standard InChI is InChI=1S/C20H25F3N2O2/c1-3-6-19(12-26)7-8-25(11-18(19)27)17-9-13(2)24-16-10-14(20(21,22)23)4-5-15(16)17/h4-5,9-10,18,26-27H,3,6-8,11-12H2,1-2H3/t18-,19-/m1/s1. The number of pyridine rings is 1. The Balaban J connectivity index is 1.98. The largest absolute Gasteiger partial charge is 0.416 e. The molecule has 0 unspecified atom stereocenters. The maximum absolute atomic E-state index is 13.0. The smallest absolute Gasteiger partial charge is 0.396 e. The molecular weight excluding hydrogens is 357 g/mol. The third-order valence-corrected chi connectivity index (χ3v) is 5.63. The number of hydrogen-bond acceptors (Lipinski definition) is 4. The Morgan fingerprint density at radius 2 is 2.04 bits per heavy atom. The molecule has 0 radical (unpaired) electrons. The van der Waals surface area contributed by atoms with Crippen molar-refractivity contribution in [3.63, 3.8) is 0 Å². The monoisotopic (exact) mass is 382 g/mol. The minimum Gasteiger partial charge on any atom is -0.396 e. The molecular formula is C20H25F3N2O2. The second-order valence-electron chi connectivity index (χ2n) is 7.49. The molecule has 0 aliphatic carbocycles. The van der Waals surface area contributed by atoms with E-state index in [9.17, 15) is 23.4 Å². The Morgan fingerprint density at radius 1 is 1.30 bits per heavy atom. The van der Waals surface area contributed by atoms with Crippen LogP contribution < -0.4 is 4.90 Å². The quantitative estimate of drug-likeness (QED) is 0.842. The zero-order chi connectivity index (χ0) is 19.8. The Kier molecular flexibility index (Phi) is 5.36. The number of alkyl halides is 3. The summed E-state index contributed by atoms with van der Waals surface area (Å²) in [5.74, 6) is 0. The van der Waals surface area contributed by atoms with Crippen LogP contribution >= 0.6 is 0 Å². The van der Waals surface area contributed by atoms with Crippen LogP contribution in [0.3, 0.4) is 0 Å². The summed E-state index contributed by atoms with van der Waals surface area (Å²) in [7, 11) is 0. The van der Waals surface area contributed by atoms with Crippen molar-refractivity contribution in [2.45, 2.75) is 45.4 Å². The fourth-order valence-electron chi connectivity index (χ4n) is 4.07. The molecule has 3 rings (SSSR count). The Bertz CT molecular complexity index is 825. The molecule has 0 saturated carbocycles. The lowest BCUT2D eigenvalue weighted by molar-refractivity contribution is -0.137. The number of benzene rings is 1. The number of aryl methyl sites for hydroxylation is 1. The van der Waals surface area contributed by atoms with Gasteiger partial charge < -0.3 is 15.1 Å². The van der Waals surface area contributed by atoms with Gasteiger partial charge in [-0.25, -0.2) is 0 Å². The summed E-state index contributed by atoms with van der Waals surface area (Å²) in [5.41, 5.74) is 0.459. The molecule has 2 heterocycles. The lowest BCUT2D eigenvalue weighted by Crippen LogP contribution is -2.53. The number of halogens is 3. The molecule has 27 heavy (non-hydrogen) atoms. The molecule has 4 nitrogen and oxygen atoms in total. The van der Waals surface area contributed by atoms with E-state index >= 15 is 0 Å². The fourth-order valence-corrected chi connectivity index (χ4v) is 4.07. The molecule has 1 aliphatic rings. The normalized spacial score (nSPS) is 23.8. The van der Waals surface area contributed by atoms with E-state index in [-0.39, 0.29) is 6.61 Å². The average molecular weight is 382 g/mol. The summed E-state index contributed by atoms with van der Waals surface area (Å²) in [5, 5.41) is 21.2. The van der Waals surface area contributed by atoms with E-state index in [1.807, 2.05) is 17.9 Å². The Labute approximate surface area is 156 Å². The molecule has 1 aromatic heterocycles. The second kappa shape index (κ2) is 7.28. The van der Waals surface area contributed by atoms with Crippen molar-refractivity contribution >= 4 is 16.6 Å². The van der Waals surface area contributed by atoms with Crippen molar-refractivity contribution < 1.29 is 23.4 Å². The summed E-state index contributed by atoms with van der Waals surface area (Å²) >= 11 is 0. The lowest BCUT2D eigenvalue weighted by atomic mass is 9.73. The molecule has 0 bridgehead atoms. The number of aromatic nitrogens is 1. The molecule has 2 aromatic rings. The molecule has 0 spiro atoms. The maximum Gasteiger partial charge on any atom is 0.416 e. The van der Waals surface area contributed by atoms with Crippen molar-refractivity contribution in [3.8, 4) is 0 Å². The van der Waals surface area contributed by atoms with Crippen LogP contribution in [-0.4, -0.2) is 41.0 Å². The van der Waals surface area contributed by atoms with Gasteiger partial charge in [-0.05, 0) is 38.0 Å². The van der Waals surface area contributed by atoms with E-state index in [1.54, 1.807) is 6.92 Å². The lowest BCUT2D eigenvalue weighted by Gasteiger charge is -2.45. The number of aliphatic hydroxyl groups excluding tert-OH is 2. The summed E-state index contributed by atoms with van der Waals surface area (Å²) < 4.78 is 39.1. The molecule has 1 saturated heterocycles. The molecule has 7 heteroatoms. The number of hydrogen-bond donors (Lipinski definition) is 2. The topological polar surface area (TPSA) is 56.6 Å². The van der Waals surface area contributed by atoms with Gasteiger partial charge in [0.1, 0.15) is 0 Å². The molecule has 148 valence electrons. The summed E-state index contributed by atoms with van der Waals surface area (Å²) in [6.07, 6.45) is -2.88. The molecule has 1 aromatic carbocycles. The maximum atomic E-state index is 13.0. The Morgan fingerprint density at radius 3 is 2.63 bits per heavy atom. The van der Waals surface area contributed by atoms with Crippen molar-refractivity contribution in [1.29, 1.82) is 0 Å². The number of piperidine rings is 1. The first kappa shape index (κ1) is 19.9. The van der Waals surface area contributed by atoms with Gasteiger partial charge in [0.15, 0.2) is 0 Å². The van der Waals surface area contributed by atoms with Crippen molar-refractivity contribution in [1.82, 2.24) is 4.98 Å². The van der Waals surface area contributed by atoms with Gasteiger partial charge in [0, 0.05) is 35.3 Å². The van der Waals surface area contributed by atoms with Gasteiger partial charge >= 0.3 is 6.18 Å². The minimum absolute atomic E-state index is 0.0685. The first-order chi connectivity index (χ1) is 12.7. The first-order valence-corrected chi connectivity index (χ1v) is 9.22. The van der Waals surface area contributed by atoms with E-state index in [0.717, 1.165) is 30.7 Å². The number of β-amino-alcohol motifs (C(OH)–C–C–N with tert-alkyl or cyclic N) is 1. The highest BCUT2D eigenvalue weighted by Crippen LogP contribution is 2.40. The van der Waals surface area contributed by atoms with Crippen LogP contribution in [0.5, 0.6) is 0 Å². The molecule has 2 atom stereocenters. The average Bonchev–Trinajstić information content (AvgIpc) is 2.61. The highest BCUT2D eigenvalue weighted by Gasteiger charge is 2.41. The van der Waals surface area contributed by atoms with Gasteiger partial charge in [0.05, 0.1) is 23.8 Å². The minimum atomic E-state index is -4.41. The fraction of sp³-hybridized carbons (Fsp3) is 0.550. The van der Waals surface area contributed by atoms with Gasteiger partial charge in [0.2, 0.25) is 0 Å². The summed E-state index contributed by atoms with van der Waals surface area (Å²) in [6.45, 7) is 4.66. The van der Waals surface area contributed by atoms with Crippen LogP contribution in [0, 0.1) is 12.3 Å². The molecule has 0 amide bonds. The van der Waals surface area contributed by atoms with E-state index in [4.69, 9.17) is 0 Å². The number of aliphatic hydroxyl groups is 2. The van der Waals surface area contributed by atoms with Gasteiger partial charge in [-0.15, -0.1) is 0 Å². The van der Waals surface area contributed by atoms with Gasteiger partial charge in [-0.1, -0.05) is 19.4 Å². The first-order valence-electron chi connectivity index (χ1n) is 9.22. The molecule has 1 aliphatic heterocycles. The zero-order valence-electron chi connectivity index (χ0n) is 15.6. The van der Waals surface area contributed by atoms with E-state index in [1.165, 1.54) is 6.07 Å². The number of nitrogens with zero attached hydrogens (tertiary/aromatic N) is 2. The van der Waals surface area contributed by atoms with Crippen molar-refractivity contribution in [2.24, 2.45) is 5.41 Å².